The van der Waals surface area contributed by atoms with E-state index in [4.69, 9.17) is 32.7 Å². The zero-order valence-corrected chi connectivity index (χ0v) is 25.2. The minimum absolute atomic E-state index is 0.0402. The molecule has 41 heavy (non-hydrogen) atoms. The molecule has 4 aliphatic rings. The Morgan fingerprint density at radius 1 is 0.976 bits per heavy atom. The van der Waals surface area contributed by atoms with Gasteiger partial charge in [0.15, 0.2) is 0 Å². The molecule has 1 aromatic rings. The molecule has 0 N–H and O–H groups in total. The maximum atomic E-state index is 13.8. The van der Waals surface area contributed by atoms with Gasteiger partial charge in [0.1, 0.15) is 6.10 Å². The second kappa shape index (κ2) is 13.7. The predicted octanol–water partition coefficient (Wildman–Crippen LogP) is 6.07. The Kier molecular flexibility index (Phi) is 10.3. The van der Waals surface area contributed by atoms with Crippen LogP contribution in [0.15, 0.2) is 18.2 Å². The molecule has 0 spiro atoms. The molecule has 5 rings (SSSR count). The zero-order valence-electron chi connectivity index (χ0n) is 23.7. The van der Waals surface area contributed by atoms with Crippen LogP contribution in [-0.2, 0) is 14.3 Å². The van der Waals surface area contributed by atoms with E-state index in [9.17, 15) is 18.4 Å². The molecule has 11 heteroatoms. The van der Waals surface area contributed by atoms with Gasteiger partial charge in [-0.2, -0.15) is 0 Å². The van der Waals surface area contributed by atoms with E-state index in [1.807, 2.05) is 17.0 Å². The molecule has 1 aliphatic carbocycles. The summed E-state index contributed by atoms with van der Waals surface area (Å²) in [6, 6.07) is 5.68. The number of likely N-dealkylation sites (tertiary alicyclic amines) is 2. The van der Waals surface area contributed by atoms with E-state index < -0.39 is 18.4 Å². The molecule has 3 aliphatic heterocycles. The lowest BCUT2D eigenvalue weighted by atomic mass is 9.88. The van der Waals surface area contributed by atoms with Crippen LogP contribution in [0.2, 0.25) is 10.0 Å². The van der Waals surface area contributed by atoms with Crippen LogP contribution in [0.4, 0.5) is 13.6 Å². The van der Waals surface area contributed by atoms with Gasteiger partial charge in [-0.1, -0.05) is 29.3 Å². The summed E-state index contributed by atoms with van der Waals surface area (Å²) in [5, 5.41) is 0.871. The maximum Gasteiger partial charge on any atom is 0.410 e. The van der Waals surface area contributed by atoms with E-state index in [1.165, 1.54) is 0 Å². The normalized spacial score (nSPS) is 28.7. The highest BCUT2D eigenvalue weighted by Gasteiger charge is 2.43. The SMILES string of the molecule is CN(C(=O)OC1CCC(C(F)F)CC1)[C@@H]1CN(C(=O)C2CCN(C3CCOCC3)CC2)C[C@H]1c1ccc(Cl)c(Cl)c1. The summed E-state index contributed by atoms with van der Waals surface area (Å²) in [6.45, 7) is 4.30. The van der Waals surface area contributed by atoms with E-state index in [0.717, 1.165) is 57.6 Å². The first-order valence-corrected chi connectivity index (χ1v) is 15.7. The largest absolute Gasteiger partial charge is 0.446 e. The van der Waals surface area contributed by atoms with E-state index in [2.05, 4.69) is 4.90 Å². The minimum atomic E-state index is -2.34. The topological polar surface area (TPSA) is 62.3 Å². The Bertz CT molecular complexity index is 1060. The van der Waals surface area contributed by atoms with Gasteiger partial charge >= 0.3 is 6.09 Å². The fourth-order valence-corrected chi connectivity index (χ4v) is 7.38. The highest BCUT2D eigenvalue weighted by Crippen LogP contribution is 2.37. The average Bonchev–Trinajstić information content (AvgIpc) is 3.44. The van der Waals surface area contributed by atoms with Gasteiger partial charge in [-0.3, -0.25) is 4.79 Å². The number of rotatable bonds is 6. The summed E-state index contributed by atoms with van der Waals surface area (Å²) in [5.74, 6) is -0.694. The number of nitrogens with zero attached hydrogens (tertiary/aromatic N) is 3. The van der Waals surface area contributed by atoms with Crippen LogP contribution in [0.5, 0.6) is 0 Å². The van der Waals surface area contributed by atoms with E-state index in [-0.39, 0.29) is 29.9 Å². The molecule has 0 bridgehead atoms. The molecule has 1 saturated carbocycles. The van der Waals surface area contributed by atoms with Crippen molar-refractivity contribution in [2.75, 3.05) is 46.4 Å². The third-order valence-corrected chi connectivity index (χ3v) is 10.4. The number of amides is 2. The van der Waals surface area contributed by atoms with Crippen LogP contribution in [0.25, 0.3) is 0 Å². The fourth-order valence-electron chi connectivity index (χ4n) is 7.07. The molecule has 3 heterocycles. The second-order valence-electron chi connectivity index (χ2n) is 12.1. The van der Waals surface area contributed by atoms with Crippen LogP contribution < -0.4 is 0 Å². The van der Waals surface area contributed by atoms with Crippen LogP contribution in [0, 0.1) is 11.8 Å². The van der Waals surface area contributed by atoms with Gasteiger partial charge in [0.25, 0.3) is 0 Å². The number of alkyl halides is 2. The smallest absolute Gasteiger partial charge is 0.410 e. The maximum absolute atomic E-state index is 13.8. The summed E-state index contributed by atoms with van der Waals surface area (Å²) in [5.41, 5.74) is 0.908. The number of benzene rings is 1. The Balaban J connectivity index is 1.24. The predicted molar refractivity (Wildman–Crippen MR) is 154 cm³/mol. The first kappa shape index (κ1) is 30.8. The number of carbonyl (C=O) groups excluding carboxylic acids is 2. The van der Waals surface area contributed by atoms with E-state index >= 15 is 0 Å². The molecule has 228 valence electrons. The second-order valence-corrected chi connectivity index (χ2v) is 12.9. The Labute approximate surface area is 251 Å². The van der Waals surface area contributed by atoms with Crippen molar-refractivity contribution in [3.8, 4) is 0 Å². The first-order valence-electron chi connectivity index (χ1n) is 15.0. The van der Waals surface area contributed by atoms with E-state index in [1.54, 1.807) is 18.0 Å². The summed E-state index contributed by atoms with van der Waals surface area (Å²) < 4.78 is 37.4. The molecule has 0 unspecified atom stereocenters. The lowest BCUT2D eigenvalue weighted by molar-refractivity contribution is -0.136. The van der Waals surface area contributed by atoms with Gasteiger partial charge in [0.05, 0.1) is 16.1 Å². The summed E-state index contributed by atoms with van der Waals surface area (Å²) in [7, 11) is 1.70. The number of ether oxygens (including phenoxy) is 2. The lowest BCUT2D eigenvalue weighted by Gasteiger charge is -2.39. The molecule has 1 aromatic carbocycles. The summed E-state index contributed by atoms with van der Waals surface area (Å²) >= 11 is 12.5. The average molecular weight is 617 g/mol. The van der Waals surface area contributed by atoms with Crippen molar-refractivity contribution in [2.45, 2.75) is 81.9 Å². The third-order valence-electron chi connectivity index (χ3n) is 9.69. The minimum Gasteiger partial charge on any atom is -0.446 e. The number of hydrogen-bond donors (Lipinski definition) is 0. The monoisotopic (exact) mass is 615 g/mol. The standard InChI is InChI=1S/C30H41Cl2F2N3O4/c1-35(30(39)41-23-5-2-19(3-6-23)28(33)34)27-18-37(17-24(27)21-4-7-25(31)26(32)16-21)29(38)20-8-12-36(13-9-20)22-10-14-40-15-11-22/h4,7,16,19-20,22-24,27-28H,2-3,5-6,8-15,17-18H2,1H3/t19?,23?,24-,27+/m0/s1. The van der Waals surface area contributed by atoms with Crippen LogP contribution >= 0.6 is 23.2 Å². The van der Waals surface area contributed by atoms with Gasteiger partial charge in [-0.05, 0) is 82.2 Å². The van der Waals surface area contributed by atoms with E-state index in [0.29, 0.717) is 54.9 Å². The molecule has 0 aromatic heterocycles. The van der Waals surface area contributed by atoms with Crippen molar-refractivity contribution in [3.05, 3.63) is 33.8 Å². The van der Waals surface area contributed by atoms with Crippen LogP contribution in [-0.4, -0.2) is 97.8 Å². The Hall–Kier alpha value is -1.68. The van der Waals surface area contributed by atoms with Gasteiger partial charge in [0, 0.05) is 57.1 Å². The molecule has 7 nitrogen and oxygen atoms in total. The lowest BCUT2D eigenvalue weighted by Crippen LogP contribution is -2.47. The van der Waals surface area contributed by atoms with Crippen LogP contribution in [0.3, 0.4) is 0 Å². The van der Waals surface area contributed by atoms with Crippen molar-refractivity contribution in [2.24, 2.45) is 11.8 Å². The molecular formula is C30H41Cl2F2N3O4. The first-order chi connectivity index (χ1) is 19.7. The number of hydrogen-bond acceptors (Lipinski definition) is 5. The number of piperidine rings is 1. The molecule has 2 atom stereocenters. The fraction of sp³-hybridized carbons (Fsp3) is 0.733. The third kappa shape index (κ3) is 7.28. The molecule has 0 radical (unpaired) electrons. The highest BCUT2D eigenvalue weighted by molar-refractivity contribution is 6.42. The number of halogens is 4. The van der Waals surface area contributed by atoms with Crippen molar-refractivity contribution < 1.29 is 27.8 Å². The van der Waals surface area contributed by atoms with Crippen LogP contribution in [0.1, 0.15) is 62.8 Å². The van der Waals surface area contributed by atoms with Gasteiger partial charge in [0.2, 0.25) is 12.3 Å². The van der Waals surface area contributed by atoms with Crippen molar-refractivity contribution in [1.82, 2.24) is 14.7 Å². The molecule has 4 fully saturated rings. The van der Waals surface area contributed by atoms with Gasteiger partial charge in [-0.15, -0.1) is 0 Å². The zero-order chi connectivity index (χ0) is 29.1. The molecule has 3 saturated heterocycles. The number of carbonyl (C=O) groups is 2. The van der Waals surface area contributed by atoms with Crippen molar-refractivity contribution >= 4 is 35.2 Å². The Morgan fingerprint density at radius 3 is 2.29 bits per heavy atom. The molecular weight excluding hydrogens is 575 g/mol. The number of likely N-dealkylation sites (N-methyl/N-ethyl adjacent to an activating group) is 1. The van der Waals surface area contributed by atoms with Gasteiger partial charge < -0.3 is 24.2 Å². The quantitative estimate of drug-likeness (QED) is 0.389. The van der Waals surface area contributed by atoms with Gasteiger partial charge in [-0.25, -0.2) is 13.6 Å². The summed E-state index contributed by atoms with van der Waals surface area (Å²) in [6.07, 6.45) is 2.14. The van der Waals surface area contributed by atoms with Crippen molar-refractivity contribution in [3.63, 3.8) is 0 Å². The summed E-state index contributed by atoms with van der Waals surface area (Å²) in [4.78, 5) is 33.0. The highest BCUT2D eigenvalue weighted by atomic mass is 35.5. The Morgan fingerprint density at radius 2 is 1.66 bits per heavy atom. The molecule has 2 amide bonds. The van der Waals surface area contributed by atoms with Crippen molar-refractivity contribution in [1.29, 1.82) is 0 Å².